The smallest absolute Gasteiger partial charge is 0.235 e. The number of aliphatic hydroxyl groups is 1. The van der Waals surface area contributed by atoms with Crippen LogP contribution in [0.1, 0.15) is 39.1 Å². The minimum atomic E-state index is -2.77. The predicted octanol–water partition coefficient (Wildman–Crippen LogP) is -0.999. The number of likely N-dealkylation sites (N-methyl/N-ethyl adjacent to an activating group) is 1. The van der Waals surface area contributed by atoms with Gasteiger partial charge >= 0.3 is 0 Å². The lowest BCUT2D eigenvalue weighted by Crippen LogP contribution is -2.74. The summed E-state index contributed by atoms with van der Waals surface area (Å²) in [4.78, 5) is 82.1. The van der Waals surface area contributed by atoms with E-state index in [9.17, 15) is 39.0 Å². The summed E-state index contributed by atoms with van der Waals surface area (Å²) in [5, 5.41) is 22.1. The van der Waals surface area contributed by atoms with Crippen LogP contribution in [-0.4, -0.2) is 101 Å². The fourth-order valence-electron chi connectivity index (χ4n) is 6.33. The number of primary amides is 1. The summed E-state index contributed by atoms with van der Waals surface area (Å²) < 4.78 is 0. The number of ketones is 5. The summed E-state index contributed by atoms with van der Waals surface area (Å²) in [5.41, 5.74) is 2.94. The van der Waals surface area contributed by atoms with Crippen LogP contribution < -0.4 is 5.73 Å². The molecule has 0 radical (unpaired) electrons. The van der Waals surface area contributed by atoms with E-state index in [1.165, 1.54) is 31.1 Å². The molecule has 0 aliphatic heterocycles. The molecule has 11 heteroatoms. The number of phenolic OH excluding ortho intramolecular Hbond substituents is 1. The molecule has 0 bridgehead atoms. The summed E-state index contributed by atoms with van der Waals surface area (Å²) in [6.07, 6.45) is 0.169. The number of Topliss-reactive ketones (excluding diaryl/α,β-unsaturated/α-hetero) is 5. The number of amides is 1. The van der Waals surface area contributed by atoms with Gasteiger partial charge in [0.05, 0.1) is 17.5 Å². The van der Waals surface area contributed by atoms with E-state index in [1.807, 2.05) is 19.0 Å². The van der Waals surface area contributed by atoms with Crippen LogP contribution in [-0.2, 0) is 25.6 Å². The monoisotopic (exact) mass is 513 g/mol. The van der Waals surface area contributed by atoms with Crippen LogP contribution in [0.25, 0.3) is 0 Å². The molecular formula is C26H31N3O8. The van der Waals surface area contributed by atoms with Gasteiger partial charge in [0.2, 0.25) is 5.91 Å². The van der Waals surface area contributed by atoms with Crippen molar-refractivity contribution in [3.8, 4) is 5.75 Å². The molecule has 0 spiro atoms. The Morgan fingerprint density at radius 3 is 2.30 bits per heavy atom. The molecule has 37 heavy (non-hydrogen) atoms. The van der Waals surface area contributed by atoms with E-state index in [0.717, 1.165) is 0 Å². The molecule has 0 saturated heterocycles. The van der Waals surface area contributed by atoms with Crippen molar-refractivity contribution in [1.29, 1.82) is 0 Å². The van der Waals surface area contributed by atoms with Crippen molar-refractivity contribution in [1.82, 2.24) is 9.80 Å². The van der Waals surface area contributed by atoms with E-state index < -0.39 is 70.1 Å². The molecule has 1 amide bonds. The van der Waals surface area contributed by atoms with Gasteiger partial charge in [-0.25, -0.2) is 0 Å². The summed E-state index contributed by atoms with van der Waals surface area (Å²) in [7, 11) is 6.68. The summed E-state index contributed by atoms with van der Waals surface area (Å²) in [6.45, 7) is 0.470. The molecule has 3 aliphatic carbocycles. The first kappa shape index (κ1) is 26.8. The Morgan fingerprint density at radius 1 is 1.08 bits per heavy atom. The molecule has 0 heterocycles. The van der Waals surface area contributed by atoms with Crippen LogP contribution in [0.3, 0.4) is 0 Å². The highest BCUT2D eigenvalue weighted by Gasteiger charge is 2.69. The first-order valence-electron chi connectivity index (χ1n) is 12.1. The largest absolute Gasteiger partial charge is 0.507 e. The summed E-state index contributed by atoms with van der Waals surface area (Å²) in [6, 6.07) is 1.50. The Labute approximate surface area is 213 Å². The standard InChI is InChI=1S/C26H31N3O8/c1-28(2)8-7-15(30)12-5-6-16(31)18-13(12)9-11-10-14-20(29(3)4)22(33)19(25(27)36)24(35)26(14,37)23(34)17(11)21(18)32/h5-6,11,14,17,19-20,31,37H,7-10H2,1-4H3,(H2,27,36)/t11-,14-,17?,19?,20-,26-/m0/s1. The molecule has 2 saturated carbocycles. The number of nitrogens with zero attached hydrogens (tertiary/aromatic N) is 2. The molecular weight excluding hydrogens is 482 g/mol. The first-order chi connectivity index (χ1) is 17.2. The van der Waals surface area contributed by atoms with Crippen molar-refractivity contribution in [2.45, 2.75) is 30.9 Å². The molecule has 6 atom stereocenters. The van der Waals surface area contributed by atoms with Gasteiger partial charge in [0.15, 0.2) is 40.4 Å². The van der Waals surface area contributed by atoms with E-state index in [-0.39, 0.29) is 36.2 Å². The van der Waals surface area contributed by atoms with E-state index in [2.05, 4.69) is 0 Å². The van der Waals surface area contributed by atoms with Crippen LogP contribution in [0, 0.1) is 23.7 Å². The first-order valence-corrected chi connectivity index (χ1v) is 12.1. The van der Waals surface area contributed by atoms with Crippen molar-refractivity contribution in [3.63, 3.8) is 0 Å². The highest BCUT2D eigenvalue weighted by molar-refractivity contribution is 6.32. The number of fused-ring (bicyclic) bond motifs is 3. The topological polar surface area (TPSA) is 175 Å². The zero-order valence-electron chi connectivity index (χ0n) is 21.2. The number of phenols is 1. The minimum Gasteiger partial charge on any atom is -0.507 e. The second kappa shape index (κ2) is 9.23. The molecule has 2 fully saturated rings. The molecule has 1 aromatic rings. The highest BCUT2D eigenvalue weighted by Crippen LogP contribution is 2.51. The van der Waals surface area contributed by atoms with Gasteiger partial charge < -0.3 is 20.8 Å². The predicted molar refractivity (Wildman–Crippen MR) is 129 cm³/mol. The van der Waals surface area contributed by atoms with Gasteiger partial charge in [-0.2, -0.15) is 0 Å². The fourth-order valence-corrected chi connectivity index (χ4v) is 6.33. The Hall–Kier alpha value is -3.28. The molecule has 198 valence electrons. The van der Waals surface area contributed by atoms with Crippen molar-refractivity contribution in [2.75, 3.05) is 34.7 Å². The third-order valence-electron chi connectivity index (χ3n) is 8.03. The zero-order chi connectivity index (χ0) is 27.6. The Kier molecular flexibility index (Phi) is 6.68. The Bertz CT molecular complexity index is 1240. The number of hydrogen-bond donors (Lipinski definition) is 3. The van der Waals surface area contributed by atoms with E-state index in [1.54, 1.807) is 0 Å². The minimum absolute atomic E-state index is 0.0588. The lowest BCUT2D eigenvalue weighted by molar-refractivity contribution is -0.181. The van der Waals surface area contributed by atoms with Crippen molar-refractivity contribution >= 4 is 34.8 Å². The average Bonchev–Trinajstić information content (AvgIpc) is 2.79. The highest BCUT2D eigenvalue weighted by atomic mass is 16.3. The van der Waals surface area contributed by atoms with Gasteiger partial charge in [0.25, 0.3) is 0 Å². The zero-order valence-corrected chi connectivity index (χ0v) is 21.2. The molecule has 11 nitrogen and oxygen atoms in total. The maximum Gasteiger partial charge on any atom is 0.235 e. The average molecular weight is 514 g/mol. The van der Waals surface area contributed by atoms with Gasteiger partial charge in [0.1, 0.15) is 5.75 Å². The molecule has 4 N–H and O–H groups in total. The van der Waals surface area contributed by atoms with Gasteiger partial charge in [0, 0.05) is 24.4 Å². The molecule has 0 aromatic heterocycles. The number of carbonyl (C=O) groups is 6. The molecule has 2 unspecified atom stereocenters. The normalized spacial score (nSPS) is 31.3. The van der Waals surface area contributed by atoms with E-state index >= 15 is 0 Å². The van der Waals surface area contributed by atoms with Crippen LogP contribution in [0.2, 0.25) is 0 Å². The van der Waals surface area contributed by atoms with Gasteiger partial charge in [-0.3, -0.25) is 33.7 Å². The van der Waals surface area contributed by atoms with Crippen molar-refractivity contribution in [3.05, 3.63) is 28.8 Å². The third-order valence-corrected chi connectivity index (χ3v) is 8.03. The van der Waals surface area contributed by atoms with Crippen LogP contribution in [0.4, 0.5) is 0 Å². The molecule has 3 aliphatic rings. The van der Waals surface area contributed by atoms with Crippen LogP contribution in [0.5, 0.6) is 5.75 Å². The maximum absolute atomic E-state index is 13.8. The van der Waals surface area contributed by atoms with Crippen molar-refractivity contribution < 1.29 is 39.0 Å². The van der Waals surface area contributed by atoms with Crippen LogP contribution in [0.15, 0.2) is 12.1 Å². The summed E-state index contributed by atoms with van der Waals surface area (Å²) in [5.74, 6) is -11.4. The van der Waals surface area contributed by atoms with Gasteiger partial charge in [-0.1, -0.05) is 0 Å². The second-order valence-corrected chi connectivity index (χ2v) is 10.8. The lowest BCUT2D eigenvalue weighted by Gasteiger charge is -2.52. The van der Waals surface area contributed by atoms with Gasteiger partial charge in [-0.05, 0) is 64.6 Å². The quantitative estimate of drug-likeness (QED) is 0.316. The number of hydrogen-bond acceptors (Lipinski definition) is 10. The number of benzene rings is 1. The SMILES string of the molecule is CN(C)CCC(=O)c1ccc(O)c2c1C[C@H]1C[C@H]3[C@H](N(C)C)C(=O)C(C(N)=O)C(=O)[C@@]3(O)C(=O)C1C2=O. The fraction of sp³-hybridized carbons (Fsp3) is 0.538. The van der Waals surface area contributed by atoms with E-state index in [4.69, 9.17) is 5.73 Å². The number of nitrogens with two attached hydrogens (primary N) is 1. The third kappa shape index (κ3) is 3.92. The number of aromatic hydroxyl groups is 1. The van der Waals surface area contributed by atoms with Gasteiger partial charge in [-0.15, -0.1) is 0 Å². The van der Waals surface area contributed by atoms with E-state index in [0.29, 0.717) is 12.1 Å². The lowest BCUT2D eigenvalue weighted by atomic mass is 9.52. The number of carbonyl (C=O) groups excluding carboxylic acids is 6. The molecule has 1 aromatic carbocycles. The maximum atomic E-state index is 13.8. The summed E-state index contributed by atoms with van der Waals surface area (Å²) >= 11 is 0. The molecule has 4 rings (SSSR count). The Morgan fingerprint density at radius 2 is 1.73 bits per heavy atom. The number of rotatable bonds is 6. The van der Waals surface area contributed by atoms with Crippen LogP contribution >= 0.6 is 0 Å². The second-order valence-electron chi connectivity index (χ2n) is 10.8. The Balaban J connectivity index is 1.82. The van der Waals surface area contributed by atoms with Crippen molar-refractivity contribution in [2.24, 2.45) is 29.4 Å².